The molecule has 8 heteroatoms. The number of thiophene rings is 1. The van der Waals surface area contributed by atoms with Crippen LogP contribution in [0, 0.1) is 6.92 Å². The second-order valence-corrected chi connectivity index (χ2v) is 9.48. The van der Waals surface area contributed by atoms with Crippen LogP contribution in [-0.4, -0.2) is 35.9 Å². The number of benzene rings is 2. The minimum absolute atomic E-state index is 0.542. The van der Waals surface area contributed by atoms with Gasteiger partial charge in [0.2, 0.25) is 5.75 Å². The van der Waals surface area contributed by atoms with Gasteiger partial charge in [0.25, 0.3) is 0 Å². The molecule has 0 amide bonds. The van der Waals surface area contributed by atoms with Gasteiger partial charge in [-0.15, -0.1) is 11.3 Å². The van der Waals surface area contributed by atoms with Crippen LogP contribution in [0.4, 0.5) is 0 Å². The van der Waals surface area contributed by atoms with Crippen LogP contribution in [0.3, 0.4) is 0 Å². The molecule has 5 rings (SSSR count). The zero-order valence-electron chi connectivity index (χ0n) is 19.1. The van der Waals surface area contributed by atoms with Crippen molar-refractivity contribution in [3.8, 4) is 50.2 Å². The summed E-state index contributed by atoms with van der Waals surface area (Å²) < 4.78 is 19.8. The van der Waals surface area contributed by atoms with Crippen molar-refractivity contribution in [3.05, 3.63) is 70.1 Å². The van der Waals surface area contributed by atoms with E-state index in [1.54, 1.807) is 32.7 Å². The first kappa shape index (κ1) is 22.4. The molecule has 0 atom stereocenters. The van der Waals surface area contributed by atoms with E-state index >= 15 is 0 Å². The molecule has 3 heterocycles. The average Bonchev–Trinajstić information content (AvgIpc) is 3.53. The molecule has 0 unspecified atom stereocenters. The van der Waals surface area contributed by atoms with Crippen LogP contribution in [0.25, 0.3) is 38.6 Å². The lowest BCUT2D eigenvalue weighted by Crippen LogP contribution is -2.04. The van der Waals surface area contributed by atoms with E-state index in [0.717, 1.165) is 48.8 Å². The third-order valence-electron chi connectivity index (χ3n) is 5.63. The normalized spacial score (nSPS) is 11.1. The number of ether oxygens (including phenoxy) is 3. The largest absolute Gasteiger partial charge is 0.493 e. The summed E-state index contributed by atoms with van der Waals surface area (Å²) >= 11 is 5.19. The minimum atomic E-state index is 0.542. The molecule has 0 bridgehead atoms. The number of hydrogen-bond acceptors (Lipinski definition) is 6. The molecule has 0 fully saturated rings. The summed E-state index contributed by atoms with van der Waals surface area (Å²) in [4.78, 5) is 6.00. The van der Waals surface area contributed by atoms with E-state index in [1.807, 2.05) is 53.2 Å². The first-order valence-corrected chi connectivity index (χ1v) is 12.2. The number of aromatic nitrogens is 3. The van der Waals surface area contributed by atoms with Gasteiger partial charge in [0.1, 0.15) is 5.69 Å². The van der Waals surface area contributed by atoms with Crippen LogP contribution in [0.5, 0.6) is 17.2 Å². The molecule has 0 N–H and O–H groups in total. The number of halogens is 1. The zero-order chi connectivity index (χ0) is 23.8. The zero-order valence-corrected chi connectivity index (χ0v) is 21.5. The number of fused-ring (bicyclic) bond motifs is 1. The van der Waals surface area contributed by atoms with E-state index in [9.17, 15) is 0 Å². The van der Waals surface area contributed by atoms with Gasteiger partial charge in [-0.3, -0.25) is 0 Å². The topological polar surface area (TPSA) is 57.9 Å². The lowest BCUT2D eigenvalue weighted by molar-refractivity contribution is 0.324. The monoisotopic (exact) mass is 535 g/mol. The molecular weight excluding hydrogens is 514 g/mol. The number of rotatable bonds is 6. The third-order valence-corrected chi connectivity index (χ3v) is 7.05. The van der Waals surface area contributed by atoms with Gasteiger partial charge in [-0.25, -0.2) is 9.50 Å². The molecule has 0 aliphatic rings. The van der Waals surface area contributed by atoms with Gasteiger partial charge in [0.05, 0.1) is 31.9 Å². The van der Waals surface area contributed by atoms with E-state index in [-0.39, 0.29) is 0 Å². The summed E-state index contributed by atoms with van der Waals surface area (Å²) in [5.74, 6) is 1.69. The number of nitrogens with zero attached hydrogens (tertiary/aromatic N) is 3. The Morgan fingerprint density at radius 3 is 2.18 bits per heavy atom. The molecule has 0 radical (unpaired) electrons. The maximum absolute atomic E-state index is 5.65. The van der Waals surface area contributed by atoms with Gasteiger partial charge in [0, 0.05) is 27.4 Å². The molecule has 0 saturated heterocycles. The van der Waals surface area contributed by atoms with Crippen LogP contribution in [0.2, 0.25) is 0 Å². The maximum atomic E-state index is 5.65. The highest BCUT2D eigenvalue weighted by atomic mass is 79.9. The van der Waals surface area contributed by atoms with E-state index in [0.29, 0.717) is 17.2 Å². The summed E-state index contributed by atoms with van der Waals surface area (Å²) in [6, 6.07) is 18.2. The summed E-state index contributed by atoms with van der Waals surface area (Å²) in [7, 11) is 4.84. The second kappa shape index (κ2) is 9.12. The van der Waals surface area contributed by atoms with E-state index < -0.39 is 0 Å². The van der Waals surface area contributed by atoms with Gasteiger partial charge < -0.3 is 14.2 Å². The van der Waals surface area contributed by atoms with Gasteiger partial charge >= 0.3 is 0 Å². The highest BCUT2D eigenvalue weighted by Crippen LogP contribution is 2.44. The maximum Gasteiger partial charge on any atom is 0.203 e. The number of aryl methyl sites for hydroxylation is 1. The Morgan fingerprint density at radius 1 is 0.882 bits per heavy atom. The molecule has 0 saturated carbocycles. The molecule has 2 aromatic carbocycles. The predicted molar refractivity (Wildman–Crippen MR) is 139 cm³/mol. The Labute approximate surface area is 209 Å². The quantitative estimate of drug-likeness (QED) is 0.237. The van der Waals surface area contributed by atoms with Gasteiger partial charge in [-0.05, 0) is 48.2 Å². The molecule has 0 aliphatic carbocycles. The number of hydrogen-bond donors (Lipinski definition) is 0. The molecule has 172 valence electrons. The van der Waals surface area contributed by atoms with E-state index in [1.165, 1.54) is 0 Å². The smallest absolute Gasteiger partial charge is 0.203 e. The highest BCUT2D eigenvalue weighted by molar-refractivity contribution is 9.10. The van der Waals surface area contributed by atoms with Gasteiger partial charge in [-0.1, -0.05) is 34.1 Å². The Kier molecular flexibility index (Phi) is 6.02. The van der Waals surface area contributed by atoms with Crippen molar-refractivity contribution in [1.29, 1.82) is 0 Å². The Balaban J connectivity index is 1.88. The van der Waals surface area contributed by atoms with Crippen molar-refractivity contribution in [2.45, 2.75) is 6.92 Å². The molecular formula is C26H22BrN3O3S. The van der Waals surface area contributed by atoms with Crippen molar-refractivity contribution in [2.24, 2.45) is 0 Å². The molecule has 0 aliphatic heterocycles. The fourth-order valence-electron chi connectivity index (χ4n) is 4.11. The fraction of sp³-hybridized carbons (Fsp3) is 0.154. The SMILES string of the molecule is COc1cc(-c2c(-c3ccc(Br)cc3)c(C)nc3cc(-c4cccs4)nn23)cc(OC)c1OC. The van der Waals surface area contributed by atoms with Crippen LogP contribution in [-0.2, 0) is 0 Å². The predicted octanol–water partition coefficient (Wildman–Crippen LogP) is 6.89. The Morgan fingerprint density at radius 2 is 1.59 bits per heavy atom. The highest BCUT2D eigenvalue weighted by Gasteiger charge is 2.22. The summed E-state index contributed by atoms with van der Waals surface area (Å²) in [5, 5.41) is 7.02. The first-order valence-electron chi connectivity index (χ1n) is 10.5. The molecule has 0 spiro atoms. The standard InChI is InChI=1S/C26H22BrN3O3S/c1-15-24(16-7-9-18(27)10-8-16)25(17-12-20(31-2)26(33-4)21(13-17)32-3)30-23(28-15)14-19(29-30)22-6-5-11-34-22/h5-14H,1-4H3. The van der Waals surface area contributed by atoms with E-state index in [4.69, 9.17) is 24.3 Å². The lowest BCUT2D eigenvalue weighted by Gasteiger charge is -2.18. The van der Waals surface area contributed by atoms with Crippen molar-refractivity contribution >= 4 is 32.9 Å². The summed E-state index contributed by atoms with van der Waals surface area (Å²) in [6.45, 7) is 2.02. The fourth-order valence-corrected chi connectivity index (χ4v) is 5.06. The first-order chi connectivity index (χ1) is 16.5. The van der Waals surface area contributed by atoms with Crippen LogP contribution < -0.4 is 14.2 Å². The molecule has 3 aromatic heterocycles. The average molecular weight is 536 g/mol. The Bertz CT molecular complexity index is 1450. The van der Waals surface area contributed by atoms with E-state index in [2.05, 4.69) is 34.1 Å². The van der Waals surface area contributed by atoms with Crippen molar-refractivity contribution in [2.75, 3.05) is 21.3 Å². The third kappa shape index (κ3) is 3.82. The van der Waals surface area contributed by atoms with Gasteiger partial charge in [-0.2, -0.15) is 5.10 Å². The van der Waals surface area contributed by atoms with Crippen molar-refractivity contribution in [1.82, 2.24) is 14.6 Å². The van der Waals surface area contributed by atoms with Crippen LogP contribution in [0.1, 0.15) is 5.69 Å². The van der Waals surface area contributed by atoms with Crippen LogP contribution in [0.15, 0.2) is 64.5 Å². The number of methoxy groups -OCH3 is 3. The minimum Gasteiger partial charge on any atom is -0.493 e. The van der Waals surface area contributed by atoms with Crippen molar-refractivity contribution < 1.29 is 14.2 Å². The molecule has 5 aromatic rings. The summed E-state index contributed by atoms with van der Waals surface area (Å²) in [6.07, 6.45) is 0. The van der Waals surface area contributed by atoms with Crippen molar-refractivity contribution in [3.63, 3.8) is 0 Å². The van der Waals surface area contributed by atoms with Crippen LogP contribution >= 0.6 is 27.3 Å². The lowest BCUT2D eigenvalue weighted by atomic mass is 9.97. The summed E-state index contributed by atoms with van der Waals surface area (Å²) in [5.41, 5.74) is 6.34. The molecule has 34 heavy (non-hydrogen) atoms. The molecule has 6 nitrogen and oxygen atoms in total. The van der Waals surface area contributed by atoms with Gasteiger partial charge in [0.15, 0.2) is 17.1 Å². The Hall–Kier alpha value is -3.36. The second-order valence-electron chi connectivity index (χ2n) is 7.62.